The molecule has 2 aromatic rings. The van der Waals surface area contributed by atoms with Crippen molar-refractivity contribution in [2.24, 2.45) is 5.92 Å². The average molecular weight is 558 g/mol. The minimum atomic E-state index is -0.826. The number of aromatic amines is 1. The number of carbonyl (C=O) groups excluding carboxylic acids is 1. The number of nitrogens with zero attached hydrogens (tertiary/aromatic N) is 1. The van der Waals surface area contributed by atoms with E-state index < -0.39 is 5.79 Å². The molecule has 2 aliphatic heterocycles. The van der Waals surface area contributed by atoms with Crippen molar-refractivity contribution in [2.75, 3.05) is 33.6 Å². The second-order valence-corrected chi connectivity index (χ2v) is 11.8. The Bertz CT molecular complexity index is 1300. The number of hydrogen-bond donors (Lipinski definition) is 2. The molecule has 3 heterocycles. The van der Waals surface area contributed by atoms with Crippen molar-refractivity contribution >= 4 is 17.7 Å². The highest BCUT2D eigenvalue weighted by atomic mass is 32.2. The SMILES string of the molecule is COc1cc(C(=O)NCc2c(SC)cc(C)[nH]c2=O)c(C)c2c1OC(C)(C1CCC(N3CC(OC)C3)CC1)O2. The van der Waals surface area contributed by atoms with Crippen molar-refractivity contribution < 1.29 is 23.7 Å². The lowest BCUT2D eigenvalue weighted by molar-refractivity contribution is -0.130. The molecular weight excluding hydrogens is 518 g/mol. The van der Waals surface area contributed by atoms with Gasteiger partial charge < -0.3 is 29.2 Å². The molecule has 1 aromatic carbocycles. The monoisotopic (exact) mass is 557 g/mol. The number of nitrogens with one attached hydrogen (secondary N) is 2. The Morgan fingerprint density at radius 2 is 1.85 bits per heavy atom. The molecule has 0 radical (unpaired) electrons. The molecular formula is C29H39N3O6S. The number of fused-ring (bicyclic) bond motifs is 1. The number of H-pyrrole nitrogens is 1. The van der Waals surface area contributed by atoms with Gasteiger partial charge in [0.25, 0.3) is 17.3 Å². The number of aryl methyl sites for hydroxylation is 1. The number of benzene rings is 1. The van der Waals surface area contributed by atoms with Gasteiger partial charge in [0, 0.05) is 72.9 Å². The van der Waals surface area contributed by atoms with Gasteiger partial charge in [-0.3, -0.25) is 14.5 Å². The maximum Gasteiger partial charge on any atom is 0.254 e. The first-order valence-corrected chi connectivity index (χ1v) is 14.8. The summed E-state index contributed by atoms with van der Waals surface area (Å²) >= 11 is 1.48. The molecule has 1 amide bonds. The van der Waals surface area contributed by atoms with E-state index in [-0.39, 0.29) is 23.9 Å². The summed E-state index contributed by atoms with van der Waals surface area (Å²) in [7, 11) is 3.34. The zero-order valence-corrected chi connectivity index (χ0v) is 24.5. The average Bonchev–Trinajstić information content (AvgIpc) is 3.27. The van der Waals surface area contributed by atoms with Gasteiger partial charge >= 0.3 is 0 Å². The minimum Gasteiger partial charge on any atom is -0.493 e. The van der Waals surface area contributed by atoms with Crippen LogP contribution in [0.4, 0.5) is 0 Å². The fraction of sp³-hybridized carbons (Fsp3) is 0.586. The summed E-state index contributed by atoms with van der Waals surface area (Å²) in [4.78, 5) is 32.0. The van der Waals surface area contributed by atoms with Crippen LogP contribution in [0, 0.1) is 19.8 Å². The van der Waals surface area contributed by atoms with Crippen molar-refractivity contribution in [1.29, 1.82) is 0 Å². The smallest absolute Gasteiger partial charge is 0.254 e. The third-order valence-corrected chi connectivity index (χ3v) is 9.37. The van der Waals surface area contributed by atoms with Gasteiger partial charge in [0.1, 0.15) is 0 Å². The summed E-state index contributed by atoms with van der Waals surface area (Å²) in [5.41, 5.74) is 2.24. The summed E-state index contributed by atoms with van der Waals surface area (Å²) in [6, 6.07) is 4.19. The maximum absolute atomic E-state index is 13.3. The Balaban J connectivity index is 1.30. The summed E-state index contributed by atoms with van der Waals surface area (Å²) in [6.07, 6.45) is 6.47. The Labute approximate surface area is 233 Å². The van der Waals surface area contributed by atoms with E-state index in [0.717, 1.165) is 49.4 Å². The topological polar surface area (TPSA) is 102 Å². The number of methoxy groups -OCH3 is 2. The number of thioether (sulfide) groups is 1. The van der Waals surface area contributed by atoms with E-state index in [1.165, 1.54) is 11.8 Å². The van der Waals surface area contributed by atoms with Crippen LogP contribution >= 0.6 is 11.8 Å². The molecule has 0 spiro atoms. The number of carbonyl (C=O) groups is 1. The van der Waals surface area contributed by atoms with Crippen LogP contribution in [0.2, 0.25) is 0 Å². The van der Waals surface area contributed by atoms with Crippen molar-refractivity contribution in [1.82, 2.24) is 15.2 Å². The van der Waals surface area contributed by atoms with Gasteiger partial charge in [-0.15, -0.1) is 11.8 Å². The third kappa shape index (κ3) is 5.26. The zero-order valence-electron chi connectivity index (χ0n) is 23.6. The molecule has 1 aliphatic carbocycles. The quantitative estimate of drug-likeness (QED) is 0.469. The van der Waals surface area contributed by atoms with Crippen LogP contribution in [0.5, 0.6) is 17.2 Å². The fourth-order valence-corrected chi connectivity index (χ4v) is 6.80. The van der Waals surface area contributed by atoms with Crippen LogP contribution in [0.15, 0.2) is 21.8 Å². The number of likely N-dealkylation sites (tertiary alicyclic amines) is 1. The number of rotatable bonds is 8. The van der Waals surface area contributed by atoms with E-state index >= 15 is 0 Å². The number of pyridine rings is 1. The van der Waals surface area contributed by atoms with E-state index in [0.29, 0.717) is 46.1 Å². The van der Waals surface area contributed by atoms with Crippen LogP contribution in [0.3, 0.4) is 0 Å². The molecule has 1 aromatic heterocycles. The molecule has 39 heavy (non-hydrogen) atoms. The Hall–Kier alpha value is -2.69. The zero-order chi connectivity index (χ0) is 27.9. The van der Waals surface area contributed by atoms with E-state index in [2.05, 4.69) is 15.2 Å². The number of aromatic nitrogens is 1. The second kappa shape index (κ2) is 11.1. The molecule has 1 saturated heterocycles. The molecule has 0 bridgehead atoms. The number of hydrogen-bond acceptors (Lipinski definition) is 8. The molecule has 1 atom stereocenters. The number of amides is 1. The predicted molar refractivity (Wildman–Crippen MR) is 150 cm³/mol. The Morgan fingerprint density at radius 1 is 1.15 bits per heavy atom. The number of ether oxygens (including phenoxy) is 4. The standard InChI is InChI=1S/C29H39N3O6S/c1-16-11-24(39-6)22(28(34)31-16)13-30-27(33)21-12-23(36-5)26-25(17(21)2)37-29(3,38-26)18-7-9-19(10-8-18)32-14-20(15-32)35-4/h11-12,18-20H,7-10,13-15H2,1-6H3,(H,30,33)(H,31,34). The van der Waals surface area contributed by atoms with Crippen molar-refractivity contribution in [3.63, 3.8) is 0 Å². The van der Waals surface area contributed by atoms with Crippen molar-refractivity contribution in [3.8, 4) is 17.2 Å². The largest absolute Gasteiger partial charge is 0.493 e. The summed E-state index contributed by atoms with van der Waals surface area (Å²) < 4.78 is 24.1. The lowest BCUT2D eigenvalue weighted by Gasteiger charge is -2.47. The Morgan fingerprint density at radius 3 is 2.49 bits per heavy atom. The summed E-state index contributed by atoms with van der Waals surface area (Å²) in [5.74, 6) is 0.645. The van der Waals surface area contributed by atoms with Crippen molar-refractivity contribution in [3.05, 3.63) is 44.9 Å². The van der Waals surface area contributed by atoms with Crippen LogP contribution in [-0.4, -0.2) is 67.3 Å². The summed E-state index contributed by atoms with van der Waals surface area (Å²) in [6.45, 7) is 7.84. The van der Waals surface area contributed by atoms with Gasteiger partial charge in [0.2, 0.25) is 5.75 Å². The second-order valence-electron chi connectivity index (χ2n) is 11.0. The molecule has 1 saturated carbocycles. The molecule has 10 heteroatoms. The lowest BCUT2D eigenvalue weighted by atomic mass is 9.80. The summed E-state index contributed by atoms with van der Waals surface area (Å²) in [5, 5.41) is 2.91. The maximum atomic E-state index is 13.3. The van der Waals surface area contributed by atoms with Gasteiger partial charge in [-0.25, -0.2) is 0 Å². The normalized spacial score (nSPS) is 24.9. The first-order valence-electron chi connectivity index (χ1n) is 13.6. The van der Waals surface area contributed by atoms with Crippen LogP contribution in [0.25, 0.3) is 0 Å². The van der Waals surface area contributed by atoms with E-state index in [1.807, 2.05) is 33.1 Å². The van der Waals surface area contributed by atoms with Gasteiger partial charge in [-0.1, -0.05) is 0 Å². The molecule has 2 fully saturated rings. The molecule has 9 nitrogen and oxygen atoms in total. The van der Waals surface area contributed by atoms with Crippen LogP contribution in [0.1, 0.15) is 59.8 Å². The van der Waals surface area contributed by atoms with Gasteiger partial charge in [0.05, 0.1) is 13.2 Å². The van der Waals surface area contributed by atoms with E-state index in [9.17, 15) is 9.59 Å². The van der Waals surface area contributed by atoms with Crippen molar-refractivity contribution in [2.45, 2.75) is 75.8 Å². The van der Waals surface area contributed by atoms with Gasteiger partial charge in [-0.2, -0.15) is 0 Å². The third-order valence-electron chi connectivity index (χ3n) is 8.56. The fourth-order valence-electron chi connectivity index (χ4n) is 6.09. The molecule has 5 rings (SSSR count). The van der Waals surface area contributed by atoms with Crippen LogP contribution in [-0.2, 0) is 11.3 Å². The van der Waals surface area contributed by atoms with E-state index in [1.54, 1.807) is 20.3 Å². The molecule has 212 valence electrons. The lowest BCUT2D eigenvalue weighted by Crippen LogP contribution is -2.57. The molecule has 1 unspecified atom stereocenters. The van der Waals surface area contributed by atoms with Crippen LogP contribution < -0.4 is 25.1 Å². The first-order chi connectivity index (χ1) is 18.7. The first kappa shape index (κ1) is 27.9. The van der Waals surface area contributed by atoms with Gasteiger partial charge in [-0.05, 0) is 57.9 Å². The minimum absolute atomic E-state index is 0.115. The highest BCUT2D eigenvalue weighted by Gasteiger charge is 2.48. The van der Waals surface area contributed by atoms with E-state index in [4.69, 9.17) is 18.9 Å². The highest BCUT2D eigenvalue weighted by Crippen LogP contribution is 2.53. The van der Waals surface area contributed by atoms with Gasteiger partial charge in [0.15, 0.2) is 11.5 Å². The predicted octanol–water partition coefficient (Wildman–Crippen LogP) is 4.03. The highest BCUT2D eigenvalue weighted by molar-refractivity contribution is 7.98. The molecule has 2 N–H and O–H groups in total. The molecule has 3 aliphatic rings. The Kier molecular flexibility index (Phi) is 7.90.